The van der Waals surface area contributed by atoms with E-state index in [-0.39, 0.29) is 0 Å². The highest BCUT2D eigenvalue weighted by molar-refractivity contribution is 9.10. The van der Waals surface area contributed by atoms with E-state index in [0.29, 0.717) is 0 Å². The van der Waals surface area contributed by atoms with Crippen molar-refractivity contribution in [1.29, 1.82) is 0 Å². The van der Waals surface area contributed by atoms with Crippen molar-refractivity contribution in [3.63, 3.8) is 0 Å². The second-order valence-electron chi connectivity index (χ2n) is 3.32. The second-order valence-corrected chi connectivity index (χ2v) is 6.19. The highest BCUT2D eigenvalue weighted by Gasteiger charge is 2.06. The van der Waals surface area contributed by atoms with Crippen LogP contribution in [0.1, 0.15) is 10.0 Å². The van der Waals surface area contributed by atoms with Crippen molar-refractivity contribution in [3.05, 3.63) is 44.3 Å². The van der Waals surface area contributed by atoms with Crippen LogP contribution < -0.4 is 0 Å². The van der Waals surface area contributed by atoms with Gasteiger partial charge in [-0.15, -0.1) is 22.7 Å². The van der Waals surface area contributed by atoms with Crippen LogP contribution in [0.2, 0.25) is 0 Å². The average molecular weight is 311 g/mol. The number of hydrogen-bond donors (Lipinski definition) is 0. The molecule has 0 aliphatic carbocycles. The van der Waals surface area contributed by atoms with Gasteiger partial charge in [-0.2, -0.15) is 0 Å². The predicted molar refractivity (Wildman–Crippen MR) is 72.2 cm³/mol. The van der Waals surface area contributed by atoms with Crippen molar-refractivity contribution < 1.29 is 0 Å². The second kappa shape index (κ2) is 4.24. The Morgan fingerprint density at radius 3 is 2.75 bits per heavy atom. The van der Waals surface area contributed by atoms with Gasteiger partial charge in [0.2, 0.25) is 0 Å². The molecule has 3 rings (SSSR count). The number of aromatic nitrogens is 2. The molecule has 0 aliphatic heterocycles. The first-order chi connectivity index (χ1) is 7.81. The van der Waals surface area contributed by atoms with Crippen molar-refractivity contribution in [3.8, 4) is 0 Å². The van der Waals surface area contributed by atoms with Gasteiger partial charge in [-0.3, -0.25) is 0 Å². The molecule has 1 aromatic carbocycles. The Labute approximate surface area is 109 Å². The number of halogens is 1. The minimum Gasteiger partial charge on any atom is -0.241 e. The van der Waals surface area contributed by atoms with Crippen LogP contribution in [0.3, 0.4) is 0 Å². The van der Waals surface area contributed by atoms with Gasteiger partial charge < -0.3 is 0 Å². The predicted octanol–water partition coefficient (Wildman–Crippen LogP) is 4.11. The molecule has 0 atom stereocenters. The van der Waals surface area contributed by atoms with Crippen molar-refractivity contribution in [2.45, 2.75) is 6.42 Å². The first-order valence-electron chi connectivity index (χ1n) is 4.75. The molecule has 2 nitrogen and oxygen atoms in total. The molecule has 0 spiro atoms. The molecule has 5 heteroatoms. The van der Waals surface area contributed by atoms with E-state index in [1.165, 1.54) is 4.70 Å². The third-order valence-electron chi connectivity index (χ3n) is 2.16. The third-order valence-corrected chi connectivity index (χ3v) is 4.76. The molecule has 0 saturated heterocycles. The number of hydrogen-bond acceptors (Lipinski definition) is 4. The van der Waals surface area contributed by atoms with Crippen LogP contribution >= 0.6 is 38.6 Å². The number of nitrogens with zero attached hydrogens (tertiary/aromatic N) is 2. The molecule has 80 valence electrons. The smallest absolute Gasteiger partial charge is 0.117 e. The van der Waals surface area contributed by atoms with Crippen LogP contribution in [-0.4, -0.2) is 9.97 Å². The van der Waals surface area contributed by atoms with Crippen LogP contribution in [0.4, 0.5) is 0 Å². The summed E-state index contributed by atoms with van der Waals surface area (Å²) in [6.45, 7) is 0. The number of benzene rings is 1. The lowest BCUT2D eigenvalue weighted by atomic mass is 10.3. The number of rotatable bonds is 2. The van der Waals surface area contributed by atoms with E-state index in [9.17, 15) is 0 Å². The Kier molecular flexibility index (Phi) is 2.75. The van der Waals surface area contributed by atoms with E-state index >= 15 is 0 Å². The summed E-state index contributed by atoms with van der Waals surface area (Å²) < 4.78 is 2.15. The molecular weight excluding hydrogens is 304 g/mol. The molecule has 0 N–H and O–H groups in total. The summed E-state index contributed by atoms with van der Waals surface area (Å²) in [5.74, 6) is 0. The van der Waals surface area contributed by atoms with Crippen molar-refractivity contribution in [1.82, 2.24) is 9.97 Å². The fraction of sp³-hybridized carbons (Fsp3) is 0.0909. The summed E-state index contributed by atoms with van der Waals surface area (Å²) in [7, 11) is 0. The van der Waals surface area contributed by atoms with Crippen LogP contribution in [0.15, 0.2) is 34.2 Å². The van der Waals surface area contributed by atoms with E-state index in [0.717, 1.165) is 26.6 Å². The zero-order valence-corrected chi connectivity index (χ0v) is 11.4. The van der Waals surface area contributed by atoms with Crippen LogP contribution in [0.25, 0.3) is 10.2 Å². The highest BCUT2D eigenvalue weighted by Crippen LogP contribution is 2.25. The SMILES string of the molecule is Brc1csc(Cc2nc3ccccc3s2)n1. The molecule has 0 aliphatic rings. The van der Waals surface area contributed by atoms with Crippen molar-refractivity contribution in [2.24, 2.45) is 0 Å². The third kappa shape index (κ3) is 2.03. The van der Waals surface area contributed by atoms with Crippen LogP contribution in [-0.2, 0) is 6.42 Å². The standard InChI is InChI=1S/C11H7BrN2S2/c12-9-6-15-10(14-9)5-11-13-7-3-1-2-4-8(7)16-11/h1-4,6H,5H2. The summed E-state index contributed by atoms with van der Waals surface area (Å²) in [5.41, 5.74) is 1.08. The molecule has 0 amide bonds. The first kappa shape index (κ1) is 10.4. The fourth-order valence-corrected chi connectivity index (χ4v) is 3.83. The Balaban J connectivity index is 1.95. The zero-order chi connectivity index (χ0) is 11.0. The Morgan fingerprint density at radius 1 is 1.12 bits per heavy atom. The Hall–Kier alpha value is -0.780. The van der Waals surface area contributed by atoms with Gasteiger partial charge in [0.25, 0.3) is 0 Å². The molecule has 16 heavy (non-hydrogen) atoms. The molecule has 0 saturated carbocycles. The van der Waals surface area contributed by atoms with Crippen LogP contribution in [0, 0.1) is 0 Å². The minimum atomic E-state index is 0.829. The Morgan fingerprint density at radius 2 is 2.00 bits per heavy atom. The zero-order valence-electron chi connectivity index (χ0n) is 8.18. The van der Waals surface area contributed by atoms with E-state index in [4.69, 9.17) is 0 Å². The number of thiazole rings is 2. The molecular formula is C11H7BrN2S2. The van der Waals surface area contributed by atoms with E-state index in [2.05, 4.69) is 32.0 Å². The fourth-order valence-electron chi connectivity index (χ4n) is 1.49. The minimum absolute atomic E-state index is 0.829. The van der Waals surface area contributed by atoms with E-state index in [1.54, 1.807) is 22.7 Å². The lowest BCUT2D eigenvalue weighted by Crippen LogP contribution is -1.84. The topological polar surface area (TPSA) is 25.8 Å². The molecule has 0 bridgehead atoms. The first-order valence-corrected chi connectivity index (χ1v) is 7.24. The summed E-state index contributed by atoms with van der Waals surface area (Å²) in [6, 6.07) is 8.22. The molecule has 0 fully saturated rings. The monoisotopic (exact) mass is 310 g/mol. The van der Waals surface area contributed by atoms with Crippen molar-refractivity contribution in [2.75, 3.05) is 0 Å². The lowest BCUT2D eigenvalue weighted by Gasteiger charge is -1.88. The molecule has 0 radical (unpaired) electrons. The number of fused-ring (bicyclic) bond motifs is 1. The van der Waals surface area contributed by atoms with Gasteiger partial charge in [-0.05, 0) is 28.1 Å². The normalized spacial score (nSPS) is 11.1. The van der Waals surface area contributed by atoms with Gasteiger partial charge in [-0.1, -0.05) is 12.1 Å². The lowest BCUT2D eigenvalue weighted by molar-refractivity contribution is 1.10. The Bertz CT molecular complexity index is 596. The quantitative estimate of drug-likeness (QED) is 0.712. The summed E-state index contributed by atoms with van der Waals surface area (Å²) >= 11 is 6.77. The molecule has 2 heterocycles. The van der Waals surface area contributed by atoms with Gasteiger partial charge in [0, 0.05) is 5.38 Å². The van der Waals surface area contributed by atoms with Gasteiger partial charge >= 0.3 is 0 Å². The summed E-state index contributed by atoms with van der Waals surface area (Å²) in [5, 5.41) is 4.23. The molecule has 3 aromatic rings. The average Bonchev–Trinajstić information content (AvgIpc) is 2.84. The maximum Gasteiger partial charge on any atom is 0.117 e. The molecule has 0 unspecified atom stereocenters. The van der Waals surface area contributed by atoms with Gasteiger partial charge in [0.15, 0.2) is 0 Å². The highest BCUT2D eigenvalue weighted by atomic mass is 79.9. The van der Waals surface area contributed by atoms with Gasteiger partial charge in [0.1, 0.15) is 14.6 Å². The van der Waals surface area contributed by atoms with E-state index < -0.39 is 0 Å². The molecule has 2 aromatic heterocycles. The van der Waals surface area contributed by atoms with E-state index in [1.807, 2.05) is 23.6 Å². The number of para-hydroxylation sites is 1. The maximum atomic E-state index is 4.59. The summed E-state index contributed by atoms with van der Waals surface area (Å²) in [4.78, 5) is 8.97. The largest absolute Gasteiger partial charge is 0.241 e. The van der Waals surface area contributed by atoms with Gasteiger partial charge in [-0.25, -0.2) is 9.97 Å². The summed E-state index contributed by atoms with van der Waals surface area (Å²) in [6.07, 6.45) is 0.829. The van der Waals surface area contributed by atoms with Gasteiger partial charge in [0.05, 0.1) is 16.6 Å². The maximum absolute atomic E-state index is 4.59. The van der Waals surface area contributed by atoms with Crippen LogP contribution in [0.5, 0.6) is 0 Å². The van der Waals surface area contributed by atoms with Crippen molar-refractivity contribution >= 4 is 48.8 Å².